The molecule has 0 saturated carbocycles. The van der Waals surface area contributed by atoms with E-state index in [1.165, 1.54) is 30.4 Å². The Morgan fingerprint density at radius 2 is 1.67 bits per heavy atom. The smallest absolute Gasteiger partial charge is 0.164 e. The van der Waals surface area contributed by atoms with Crippen LogP contribution in [0.2, 0.25) is 0 Å². The standard InChI is InChI=1S/C22H29NO/c1-3-4-5-9-16-23-21(19-10-7-6-8-11-19)17-22(24)20-14-12-18(2)13-15-20/h6-8,10-15,21,23H,3-5,9,16-17H2,1-2H3. The Bertz CT molecular complexity index is 604. The molecule has 1 N–H and O–H groups in total. The fourth-order valence-corrected chi connectivity index (χ4v) is 2.86. The lowest BCUT2D eigenvalue weighted by molar-refractivity contribution is 0.0968. The van der Waals surface area contributed by atoms with Crippen LogP contribution in [0.15, 0.2) is 54.6 Å². The summed E-state index contributed by atoms with van der Waals surface area (Å²) in [6, 6.07) is 18.3. The van der Waals surface area contributed by atoms with Crippen molar-refractivity contribution in [3.8, 4) is 0 Å². The fourth-order valence-electron chi connectivity index (χ4n) is 2.86. The van der Waals surface area contributed by atoms with Gasteiger partial charge in [-0.05, 0) is 25.5 Å². The van der Waals surface area contributed by atoms with Gasteiger partial charge in [-0.25, -0.2) is 0 Å². The molecule has 0 aromatic heterocycles. The van der Waals surface area contributed by atoms with Gasteiger partial charge in [0.05, 0.1) is 0 Å². The number of nitrogens with one attached hydrogen (secondary N) is 1. The van der Waals surface area contributed by atoms with Crippen LogP contribution in [0.4, 0.5) is 0 Å². The van der Waals surface area contributed by atoms with Crippen LogP contribution in [0.5, 0.6) is 0 Å². The highest BCUT2D eigenvalue weighted by Crippen LogP contribution is 2.20. The maximum absolute atomic E-state index is 12.6. The topological polar surface area (TPSA) is 29.1 Å². The van der Waals surface area contributed by atoms with Gasteiger partial charge in [0.2, 0.25) is 0 Å². The number of ketones is 1. The second-order valence-corrected chi connectivity index (χ2v) is 6.47. The Kier molecular flexibility index (Phi) is 7.70. The summed E-state index contributed by atoms with van der Waals surface area (Å²) in [6.07, 6.45) is 5.43. The van der Waals surface area contributed by atoms with Gasteiger partial charge >= 0.3 is 0 Å². The fraction of sp³-hybridized carbons (Fsp3) is 0.409. The van der Waals surface area contributed by atoms with Gasteiger partial charge in [0.1, 0.15) is 0 Å². The predicted molar refractivity (Wildman–Crippen MR) is 101 cm³/mol. The number of carbonyl (C=O) groups is 1. The number of carbonyl (C=O) groups excluding carboxylic acids is 1. The third-order valence-electron chi connectivity index (χ3n) is 4.39. The van der Waals surface area contributed by atoms with Crippen LogP contribution in [-0.4, -0.2) is 12.3 Å². The maximum atomic E-state index is 12.6. The molecule has 0 amide bonds. The molecule has 0 radical (unpaired) electrons. The number of benzene rings is 2. The van der Waals surface area contributed by atoms with Crippen LogP contribution >= 0.6 is 0 Å². The van der Waals surface area contributed by atoms with Crippen LogP contribution in [0, 0.1) is 6.92 Å². The Labute approximate surface area is 146 Å². The molecule has 2 heteroatoms. The lowest BCUT2D eigenvalue weighted by Gasteiger charge is -2.19. The van der Waals surface area contributed by atoms with Gasteiger partial charge in [0.15, 0.2) is 5.78 Å². The second-order valence-electron chi connectivity index (χ2n) is 6.47. The van der Waals surface area contributed by atoms with E-state index in [1.54, 1.807) is 0 Å². The van der Waals surface area contributed by atoms with Gasteiger partial charge in [-0.1, -0.05) is 86.3 Å². The van der Waals surface area contributed by atoms with Gasteiger partial charge in [0.25, 0.3) is 0 Å². The Balaban J connectivity index is 1.99. The number of hydrogen-bond acceptors (Lipinski definition) is 2. The van der Waals surface area contributed by atoms with E-state index in [1.807, 2.05) is 49.4 Å². The zero-order valence-corrected chi connectivity index (χ0v) is 14.9. The van der Waals surface area contributed by atoms with E-state index in [9.17, 15) is 4.79 Å². The zero-order valence-electron chi connectivity index (χ0n) is 14.9. The van der Waals surface area contributed by atoms with E-state index >= 15 is 0 Å². The lowest BCUT2D eigenvalue weighted by Crippen LogP contribution is -2.25. The van der Waals surface area contributed by atoms with E-state index < -0.39 is 0 Å². The molecule has 0 aliphatic rings. The molecule has 0 aliphatic heterocycles. The van der Waals surface area contributed by atoms with Crippen molar-refractivity contribution in [3.05, 3.63) is 71.3 Å². The molecule has 1 unspecified atom stereocenters. The number of Topliss-reactive ketones (excluding diaryl/α,β-unsaturated/α-hetero) is 1. The molecule has 2 aromatic carbocycles. The molecular formula is C22H29NO. The summed E-state index contributed by atoms with van der Waals surface area (Å²) in [6.45, 7) is 5.22. The van der Waals surface area contributed by atoms with Crippen LogP contribution in [0.25, 0.3) is 0 Å². The van der Waals surface area contributed by atoms with Crippen molar-refractivity contribution in [3.63, 3.8) is 0 Å². The summed E-state index contributed by atoms with van der Waals surface area (Å²) >= 11 is 0. The van der Waals surface area contributed by atoms with Crippen molar-refractivity contribution in [1.82, 2.24) is 5.32 Å². The van der Waals surface area contributed by atoms with Crippen LogP contribution in [0.3, 0.4) is 0 Å². The summed E-state index contributed by atoms with van der Waals surface area (Å²) in [4.78, 5) is 12.6. The molecule has 0 spiro atoms. The molecule has 0 aliphatic carbocycles. The van der Waals surface area contributed by atoms with Gasteiger partial charge in [0, 0.05) is 18.0 Å². The van der Waals surface area contributed by atoms with Crippen molar-refractivity contribution in [2.24, 2.45) is 0 Å². The average molecular weight is 323 g/mol. The highest BCUT2D eigenvalue weighted by Gasteiger charge is 2.16. The second kappa shape index (κ2) is 10.0. The number of rotatable bonds is 10. The zero-order chi connectivity index (χ0) is 17.2. The Hall–Kier alpha value is -1.93. The number of aryl methyl sites for hydroxylation is 1. The lowest BCUT2D eigenvalue weighted by atomic mass is 9.97. The molecule has 24 heavy (non-hydrogen) atoms. The van der Waals surface area contributed by atoms with Crippen molar-refractivity contribution < 1.29 is 4.79 Å². The Morgan fingerprint density at radius 3 is 2.33 bits per heavy atom. The first-order valence-electron chi connectivity index (χ1n) is 9.09. The van der Waals surface area contributed by atoms with E-state index in [-0.39, 0.29) is 11.8 Å². The highest BCUT2D eigenvalue weighted by atomic mass is 16.1. The molecular weight excluding hydrogens is 294 g/mol. The average Bonchev–Trinajstić information content (AvgIpc) is 2.61. The van der Waals surface area contributed by atoms with Crippen molar-refractivity contribution in [2.45, 2.75) is 52.0 Å². The summed E-state index contributed by atoms with van der Waals surface area (Å²) in [7, 11) is 0. The van der Waals surface area contributed by atoms with Gasteiger partial charge < -0.3 is 5.32 Å². The summed E-state index contributed by atoms with van der Waals surface area (Å²) in [5, 5.41) is 3.59. The van der Waals surface area contributed by atoms with E-state index in [2.05, 4.69) is 24.4 Å². The van der Waals surface area contributed by atoms with E-state index in [0.717, 1.165) is 18.5 Å². The highest BCUT2D eigenvalue weighted by molar-refractivity contribution is 5.96. The first-order chi connectivity index (χ1) is 11.7. The van der Waals surface area contributed by atoms with Crippen LogP contribution < -0.4 is 5.32 Å². The molecule has 0 heterocycles. The quantitative estimate of drug-likeness (QED) is 0.463. The third-order valence-corrected chi connectivity index (χ3v) is 4.39. The van der Waals surface area contributed by atoms with Crippen molar-refractivity contribution >= 4 is 5.78 Å². The van der Waals surface area contributed by atoms with Crippen LogP contribution in [-0.2, 0) is 0 Å². The molecule has 2 aromatic rings. The molecule has 128 valence electrons. The minimum absolute atomic E-state index is 0.0848. The third kappa shape index (κ3) is 5.93. The maximum Gasteiger partial charge on any atom is 0.164 e. The molecule has 2 rings (SSSR count). The van der Waals surface area contributed by atoms with E-state index in [0.29, 0.717) is 6.42 Å². The summed E-state index contributed by atoms with van der Waals surface area (Å²) in [5.74, 6) is 0.199. The van der Waals surface area contributed by atoms with Crippen molar-refractivity contribution in [2.75, 3.05) is 6.54 Å². The van der Waals surface area contributed by atoms with Crippen LogP contribution in [0.1, 0.15) is 66.6 Å². The van der Waals surface area contributed by atoms with Gasteiger partial charge in [-0.2, -0.15) is 0 Å². The summed E-state index contributed by atoms with van der Waals surface area (Å²) in [5.41, 5.74) is 3.17. The molecule has 2 nitrogen and oxygen atoms in total. The monoisotopic (exact) mass is 323 g/mol. The molecule has 0 saturated heterocycles. The van der Waals surface area contributed by atoms with Crippen molar-refractivity contribution in [1.29, 1.82) is 0 Å². The largest absolute Gasteiger partial charge is 0.310 e. The number of hydrogen-bond donors (Lipinski definition) is 1. The molecule has 0 fully saturated rings. The minimum atomic E-state index is 0.0848. The number of unbranched alkanes of at least 4 members (excludes halogenated alkanes) is 3. The SMILES string of the molecule is CCCCCCNC(CC(=O)c1ccc(C)cc1)c1ccccc1. The predicted octanol–water partition coefficient (Wildman–Crippen LogP) is 5.48. The minimum Gasteiger partial charge on any atom is -0.310 e. The van der Waals surface area contributed by atoms with Gasteiger partial charge in [-0.3, -0.25) is 4.79 Å². The first kappa shape index (κ1) is 18.4. The first-order valence-corrected chi connectivity index (χ1v) is 9.09. The summed E-state index contributed by atoms with van der Waals surface area (Å²) < 4.78 is 0. The normalized spacial score (nSPS) is 12.1. The molecule has 0 bridgehead atoms. The Morgan fingerprint density at radius 1 is 0.958 bits per heavy atom. The van der Waals surface area contributed by atoms with Gasteiger partial charge in [-0.15, -0.1) is 0 Å². The molecule has 1 atom stereocenters. The van der Waals surface area contributed by atoms with E-state index in [4.69, 9.17) is 0 Å².